The second-order valence-electron chi connectivity index (χ2n) is 5.20. The van der Waals surface area contributed by atoms with Crippen LogP contribution in [0.25, 0.3) is 0 Å². The highest BCUT2D eigenvalue weighted by Gasteiger charge is 2.23. The summed E-state index contributed by atoms with van der Waals surface area (Å²) in [7, 11) is 4.17. The van der Waals surface area contributed by atoms with Crippen molar-refractivity contribution in [1.82, 2.24) is 4.90 Å². The fraction of sp³-hybridized carbons (Fsp3) is 0.571. The SMILES string of the molecule is CN(C)C1CCCN(c2ccc(CN)cc2F)C1. The van der Waals surface area contributed by atoms with Gasteiger partial charge in [-0.1, -0.05) is 6.07 Å². The van der Waals surface area contributed by atoms with E-state index >= 15 is 0 Å². The molecule has 2 rings (SSSR count). The monoisotopic (exact) mass is 251 g/mol. The molecular formula is C14H22FN3. The summed E-state index contributed by atoms with van der Waals surface area (Å²) in [4.78, 5) is 4.36. The fourth-order valence-corrected chi connectivity index (χ4v) is 2.53. The Morgan fingerprint density at radius 1 is 1.44 bits per heavy atom. The van der Waals surface area contributed by atoms with E-state index in [-0.39, 0.29) is 5.82 Å². The fourth-order valence-electron chi connectivity index (χ4n) is 2.53. The van der Waals surface area contributed by atoms with Crippen molar-refractivity contribution >= 4 is 5.69 Å². The topological polar surface area (TPSA) is 32.5 Å². The number of benzene rings is 1. The molecule has 2 N–H and O–H groups in total. The molecule has 100 valence electrons. The maximum absolute atomic E-state index is 14.0. The summed E-state index contributed by atoms with van der Waals surface area (Å²) >= 11 is 0. The summed E-state index contributed by atoms with van der Waals surface area (Å²) in [6.07, 6.45) is 2.30. The van der Waals surface area contributed by atoms with Gasteiger partial charge < -0.3 is 15.5 Å². The number of hydrogen-bond donors (Lipinski definition) is 1. The van der Waals surface area contributed by atoms with Crippen molar-refractivity contribution in [1.29, 1.82) is 0 Å². The number of rotatable bonds is 3. The van der Waals surface area contributed by atoms with Gasteiger partial charge in [0.2, 0.25) is 0 Å². The highest BCUT2D eigenvalue weighted by Crippen LogP contribution is 2.25. The number of halogens is 1. The van der Waals surface area contributed by atoms with Crippen LogP contribution in [-0.2, 0) is 6.54 Å². The van der Waals surface area contributed by atoms with E-state index < -0.39 is 0 Å². The van der Waals surface area contributed by atoms with Crippen molar-refractivity contribution in [2.24, 2.45) is 5.73 Å². The first-order chi connectivity index (χ1) is 8.61. The van der Waals surface area contributed by atoms with E-state index in [1.54, 1.807) is 6.07 Å². The number of nitrogens with zero attached hydrogens (tertiary/aromatic N) is 2. The van der Waals surface area contributed by atoms with E-state index in [9.17, 15) is 4.39 Å². The normalized spacial score (nSPS) is 20.5. The zero-order valence-electron chi connectivity index (χ0n) is 11.2. The molecule has 1 aromatic carbocycles. The van der Waals surface area contributed by atoms with Gasteiger partial charge in [0, 0.05) is 25.7 Å². The maximum atomic E-state index is 14.0. The lowest BCUT2D eigenvalue weighted by Gasteiger charge is -2.37. The van der Waals surface area contributed by atoms with Gasteiger partial charge in [0.1, 0.15) is 5.82 Å². The van der Waals surface area contributed by atoms with Gasteiger partial charge in [-0.25, -0.2) is 4.39 Å². The first-order valence-electron chi connectivity index (χ1n) is 6.51. The number of piperidine rings is 1. The smallest absolute Gasteiger partial charge is 0.146 e. The van der Waals surface area contributed by atoms with Crippen molar-refractivity contribution in [2.45, 2.75) is 25.4 Å². The Balaban J connectivity index is 2.15. The van der Waals surface area contributed by atoms with Gasteiger partial charge in [-0.3, -0.25) is 0 Å². The number of likely N-dealkylation sites (N-methyl/N-ethyl adjacent to an activating group) is 1. The third-order valence-corrected chi connectivity index (χ3v) is 3.72. The van der Waals surface area contributed by atoms with Crippen LogP contribution in [0.2, 0.25) is 0 Å². The van der Waals surface area contributed by atoms with Crippen LogP contribution in [0.5, 0.6) is 0 Å². The molecule has 0 radical (unpaired) electrons. The lowest BCUT2D eigenvalue weighted by Crippen LogP contribution is -2.45. The van der Waals surface area contributed by atoms with Crippen molar-refractivity contribution in [3.63, 3.8) is 0 Å². The van der Waals surface area contributed by atoms with Gasteiger partial charge in [-0.15, -0.1) is 0 Å². The standard InChI is InChI=1S/C14H22FN3/c1-17(2)12-4-3-7-18(10-12)14-6-5-11(9-16)8-13(14)15/h5-6,8,12H,3-4,7,9-10,16H2,1-2H3. The van der Waals surface area contributed by atoms with Crippen molar-refractivity contribution in [3.05, 3.63) is 29.6 Å². The molecule has 0 aromatic heterocycles. The molecule has 4 heteroatoms. The van der Waals surface area contributed by atoms with Gasteiger partial charge in [0.05, 0.1) is 5.69 Å². The average Bonchev–Trinajstić information content (AvgIpc) is 2.38. The Morgan fingerprint density at radius 2 is 2.22 bits per heavy atom. The summed E-state index contributed by atoms with van der Waals surface area (Å²) < 4.78 is 14.0. The van der Waals surface area contributed by atoms with Crippen molar-refractivity contribution < 1.29 is 4.39 Å². The molecule has 1 fully saturated rings. The molecule has 1 aliphatic heterocycles. The minimum absolute atomic E-state index is 0.155. The second kappa shape index (κ2) is 5.67. The van der Waals surface area contributed by atoms with Gasteiger partial charge in [-0.05, 0) is 44.6 Å². The lowest BCUT2D eigenvalue weighted by atomic mass is 10.0. The maximum Gasteiger partial charge on any atom is 0.146 e. The Bertz CT molecular complexity index is 406. The molecular weight excluding hydrogens is 229 g/mol. The van der Waals surface area contributed by atoms with Gasteiger partial charge >= 0.3 is 0 Å². The zero-order valence-corrected chi connectivity index (χ0v) is 11.2. The van der Waals surface area contributed by atoms with E-state index in [1.807, 2.05) is 12.1 Å². The van der Waals surface area contributed by atoms with Crippen LogP contribution in [0.15, 0.2) is 18.2 Å². The predicted octanol–water partition coefficient (Wildman–Crippen LogP) is 1.81. The molecule has 0 amide bonds. The van der Waals surface area contributed by atoms with Crippen LogP contribution < -0.4 is 10.6 Å². The number of hydrogen-bond acceptors (Lipinski definition) is 3. The summed E-state index contributed by atoms with van der Waals surface area (Å²) in [5, 5.41) is 0. The first-order valence-corrected chi connectivity index (χ1v) is 6.51. The van der Waals surface area contributed by atoms with Crippen LogP contribution in [-0.4, -0.2) is 38.1 Å². The summed E-state index contributed by atoms with van der Waals surface area (Å²) in [6, 6.07) is 5.83. The molecule has 0 aliphatic carbocycles. The van der Waals surface area contributed by atoms with E-state index in [0.29, 0.717) is 18.3 Å². The van der Waals surface area contributed by atoms with Gasteiger partial charge in [0.15, 0.2) is 0 Å². The highest BCUT2D eigenvalue weighted by atomic mass is 19.1. The number of nitrogens with two attached hydrogens (primary N) is 1. The van der Waals surface area contributed by atoms with Gasteiger partial charge in [-0.2, -0.15) is 0 Å². The van der Waals surface area contributed by atoms with Crippen LogP contribution in [0.1, 0.15) is 18.4 Å². The largest absolute Gasteiger partial charge is 0.368 e. The van der Waals surface area contributed by atoms with Crippen LogP contribution in [0, 0.1) is 5.82 Å². The molecule has 1 saturated heterocycles. The molecule has 1 unspecified atom stereocenters. The highest BCUT2D eigenvalue weighted by molar-refractivity contribution is 5.49. The average molecular weight is 251 g/mol. The van der Waals surface area contributed by atoms with Crippen LogP contribution in [0.4, 0.5) is 10.1 Å². The molecule has 3 nitrogen and oxygen atoms in total. The van der Waals surface area contributed by atoms with E-state index in [1.165, 1.54) is 6.42 Å². The molecule has 1 aromatic rings. The molecule has 1 atom stereocenters. The molecule has 1 heterocycles. The zero-order chi connectivity index (χ0) is 13.1. The molecule has 18 heavy (non-hydrogen) atoms. The summed E-state index contributed by atoms with van der Waals surface area (Å²) in [5.74, 6) is -0.155. The summed E-state index contributed by atoms with van der Waals surface area (Å²) in [5.41, 5.74) is 7.07. The number of anilines is 1. The minimum atomic E-state index is -0.155. The molecule has 1 aliphatic rings. The minimum Gasteiger partial charge on any atom is -0.368 e. The lowest BCUT2D eigenvalue weighted by molar-refractivity contribution is 0.257. The Kier molecular flexibility index (Phi) is 4.19. The third-order valence-electron chi connectivity index (χ3n) is 3.72. The quantitative estimate of drug-likeness (QED) is 0.889. The van der Waals surface area contributed by atoms with Crippen molar-refractivity contribution in [3.8, 4) is 0 Å². The van der Waals surface area contributed by atoms with Crippen LogP contribution in [0.3, 0.4) is 0 Å². The van der Waals surface area contributed by atoms with E-state index in [0.717, 1.165) is 25.1 Å². The Hall–Kier alpha value is -1.13. The van der Waals surface area contributed by atoms with Crippen LogP contribution >= 0.6 is 0 Å². The van der Waals surface area contributed by atoms with E-state index in [4.69, 9.17) is 5.73 Å². The molecule has 0 saturated carbocycles. The van der Waals surface area contributed by atoms with Crippen molar-refractivity contribution in [2.75, 3.05) is 32.1 Å². The molecule has 0 spiro atoms. The third kappa shape index (κ3) is 2.82. The second-order valence-corrected chi connectivity index (χ2v) is 5.20. The van der Waals surface area contributed by atoms with E-state index in [2.05, 4.69) is 23.9 Å². The first kappa shape index (κ1) is 13.3. The Morgan fingerprint density at radius 3 is 2.83 bits per heavy atom. The Labute approximate surface area is 108 Å². The predicted molar refractivity (Wildman–Crippen MR) is 73.2 cm³/mol. The molecule has 0 bridgehead atoms. The summed E-state index contributed by atoms with van der Waals surface area (Å²) in [6.45, 7) is 2.21. The van der Waals surface area contributed by atoms with Gasteiger partial charge in [0.25, 0.3) is 0 Å².